The first-order valence-corrected chi connectivity index (χ1v) is 12.7. The largest absolute Gasteiger partial charge is 0.492 e. The average molecular weight is 541 g/mol. The lowest BCUT2D eigenvalue weighted by Gasteiger charge is -2.27. The topological polar surface area (TPSA) is 97.3 Å². The van der Waals surface area contributed by atoms with E-state index in [1.54, 1.807) is 35.2 Å². The quantitative estimate of drug-likeness (QED) is 0.273. The predicted molar refractivity (Wildman–Crippen MR) is 147 cm³/mol. The van der Waals surface area contributed by atoms with Gasteiger partial charge in [-0.3, -0.25) is 4.79 Å². The Kier molecular flexibility index (Phi) is 10.8. The number of hydrogen-bond donors (Lipinski definition) is 2. The maximum Gasteiger partial charge on any atom is 0.339 e. The summed E-state index contributed by atoms with van der Waals surface area (Å²) in [5, 5.41) is 13.1. The molecule has 2 N–H and O–H groups in total. The average Bonchev–Trinajstić information content (AvgIpc) is 2.89. The summed E-state index contributed by atoms with van der Waals surface area (Å²) in [6, 6.07) is 19.0. The molecule has 0 aliphatic carbocycles. The Hall–Kier alpha value is -3.75. The molecule has 0 radical (unpaired) electrons. The second-order valence-electron chi connectivity index (χ2n) is 8.79. The molecule has 0 unspecified atom stereocenters. The molecule has 0 bridgehead atoms. The number of amides is 1. The number of carbonyl (C=O) groups is 2. The Morgan fingerprint density at radius 3 is 2.26 bits per heavy atom. The first-order chi connectivity index (χ1) is 18.3. The van der Waals surface area contributed by atoms with Crippen LogP contribution < -0.4 is 19.5 Å². The number of benzene rings is 3. The number of hydrogen-bond acceptors (Lipinski definition) is 6. The van der Waals surface area contributed by atoms with Gasteiger partial charge in [-0.1, -0.05) is 29.8 Å². The van der Waals surface area contributed by atoms with Crippen molar-refractivity contribution in [2.75, 3.05) is 33.4 Å². The molecule has 38 heavy (non-hydrogen) atoms. The maximum absolute atomic E-state index is 13.0. The fourth-order valence-electron chi connectivity index (χ4n) is 3.75. The number of nitrogens with zero attached hydrogens (tertiary/aromatic N) is 1. The molecular weight excluding hydrogens is 508 g/mol. The highest BCUT2D eigenvalue weighted by Crippen LogP contribution is 2.25. The van der Waals surface area contributed by atoms with Crippen molar-refractivity contribution in [3.05, 3.63) is 88.4 Å². The van der Waals surface area contributed by atoms with Crippen LogP contribution in [0.2, 0.25) is 5.02 Å². The summed E-state index contributed by atoms with van der Waals surface area (Å²) in [6.45, 7) is 5.56. The smallest absolute Gasteiger partial charge is 0.339 e. The summed E-state index contributed by atoms with van der Waals surface area (Å²) >= 11 is 6.04. The molecule has 1 amide bonds. The predicted octanol–water partition coefficient (Wildman–Crippen LogP) is 5.15. The van der Waals surface area contributed by atoms with E-state index < -0.39 is 5.97 Å². The van der Waals surface area contributed by atoms with Gasteiger partial charge in [0, 0.05) is 29.2 Å². The van der Waals surface area contributed by atoms with Gasteiger partial charge in [-0.15, -0.1) is 0 Å². The van der Waals surface area contributed by atoms with Crippen LogP contribution in [0.3, 0.4) is 0 Å². The molecule has 3 aromatic rings. The third kappa shape index (κ3) is 8.39. The van der Waals surface area contributed by atoms with Gasteiger partial charge in [0.25, 0.3) is 5.91 Å². The van der Waals surface area contributed by atoms with E-state index in [4.69, 9.17) is 25.8 Å². The van der Waals surface area contributed by atoms with Crippen LogP contribution in [0.1, 0.15) is 40.1 Å². The molecular formula is C29H33ClN2O6. The van der Waals surface area contributed by atoms with E-state index in [1.165, 1.54) is 12.1 Å². The molecule has 0 saturated carbocycles. The monoisotopic (exact) mass is 540 g/mol. The van der Waals surface area contributed by atoms with E-state index in [0.29, 0.717) is 28.6 Å². The number of aromatic carboxylic acids is 1. The van der Waals surface area contributed by atoms with Gasteiger partial charge >= 0.3 is 5.97 Å². The molecule has 202 valence electrons. The van der Waals surface area contributed by atoms with E-state index >= 15 is 0 Å². The van der Waals surface area contributed by atoms with Crippen molar-refractivity contribution in [1.82, 2.24) is 10.2 Å². The van der Waals surface area contributed by atoms with Crippen molar-refractivity contribution in [2.24, 2.45) is 0 Å². The Labute approximate surface area is 228 Å². The van der Waals surface area contributed by atoms with Crippen molar-refractivity contribution in [2.45, 2.75) is 26.4 Å². The SMILES string of the molecule is CNCc1ccc(OCCOc2cc(OCCN(C(=O)c3cccc(Cl)c3)C(C)C)ccc2C(=O)O)cc1. The summed E-state index contributed by atoms with van der Waals surface area (Å²) in [5.41, 5.74) is 1.67. The standard InChI is InChI=1S/C29H33ClN2O6/c1-20(2)32(28(33)22-5-4-6-23(30)17-22)13-14-36-25-11-12-26(29(34)35)27(18-25)38-16-15-37-24-9-7-21(8-10-24)19-31-3/h4-12,17-18,20,31H,13-16,19H2,1-3H3,(H,34,35). The summed E-state index contributed by atoms with van der Waals surface area (Å²) in [6.07, 6.45) is 0. The minimum absolute atomic E-state index is 0.0220. The second kappa shape index (κ2) is 14.3. The maximum atomic E-state index is 13.0. The lowest BCUT2D eigenvalue weighted by molar-refractivity contribution is 0.0668. The summed E-state index contributed by atoms with van der Waals surface area (Å²) in [5.74, 6) is 0.0633. The van der Waals surface area contributed by atoms with Gasteiger partial charge in [0.05, 0.1) is 6.54 Å². The van der Waals surface area contributed by atoms with Crippen LogP contribution in [0.15, 0.2) is 66.7 Å². The molecule has 0 spiro atoms. The normalized spacial score (nSPS) is 10.8. The van der Waals surface area contributed by atoms with Gasteiger partial charge in [-0.05, 0) is 68.9 Å². The molecule has 0 aliphatic heterocycles. The molecule has 8 nitrogen and oxygen atoms in total. The zero-order chi connectivity index (χ0) is 27.5. The fourth-order valence-corrected chi connectivity index (χ4v) is 3.94. The molecule has 0 aliphatic rings. The van der Waals surface area contributed by atoms with Crippen molar-refractivity contribution in [3.8, 4) is 17.2 Å². The van der Waals surface area contributed by atoms with Crippen LogP contribution in [-0.4, -0.2) is 61.3 Å². The summed E-state index contributed by atoms with van der Waals surface area (Å²) in [4.78, 5) is 26.3. The minimum Gasteiger partial charge on any atom is -0.492 e. The third-order valence-corrected chi connectivity index (χ3v) is 5.89. The Morgan fingerprint density at radius 1 is 0.921 bits per heavy atom. The third-order valence-electron chi connectivity index (χ3n) is 5.65. The minimum atomic E-state index is -1.11. The zero-order valence-electron chi connectivity index (χ0n) is 21.8. The summed E-state index contributed by atoms with van der Waals surface area (Å²) in [7, 11) is 1.89. The van der Waals surface area contributed by atoms with E-state index in [1.807, 2.05) is 45.2 Å². The molecule has 0 aromatic heterocycles. The second-order valence-corrected chi connectivity index (χ2v) is 9.22. The fraction of sp³-hybridized carbons (Fsp3) is 0.310. The Bertz CT molecular complexity index is 1220. The van der Waals surface area contributed by atoms with Crippen molar-refractivity contribution in [1.29, 1.82) is 0 Å². The molecule has 0 saturated heterocycles. The van der Waals surface area contributed by atoms with Crippen LogP contribution in [0.25, 0.3) is 0 Å². The Morgan fingerprint density at radius 2 is 1.61 bits per heavy atom. The number of carboxylic acids is 1. The van der Waals surface area contributed by atoms with Gasteiger partial charge in [0.15, 0.2) is 0 Å². The molecule has 3 rings (SSSR count). The van der Waals surface area contributed by atoms with E-state index in [2.05, 4.69) is 5.32 Å². The highest BCUT2D eigenvalue weighted by Gasteiger charge is 2.19. The Balaban J connectivity index is 1.56. The molecule has 0 fully saturated rings. The van der Waals surface area contributed by atoms with Crippen LogP contribution in [-0.2, 0) is 6.54 Å². The van der Waals surface area contributed by atoms with Gasteiger partial charge in [-0.2, -0.15) is 0 Å². The number of carbonyl (C=O) groups excluding carboxylic acids is 1. The first-order valence-electron chi connectivity index (χ1n) is 12.3. The summed E-state index contributed by atoms with van der Waals surface area (Å²) < 4.78 is 17.3. The lowest BCUT2D eigenvalue weighted by Crippen LogP contribution is -2.39. The van der Waals surface area contributed by atoms with Crippen LogP contribution >= 0.6 is 11.6 Å². The van der Waals surface area contributed by atoms with Crippen molar-refractivity contribution < 1.29 is 28.9 Å². The number of ether oxygens (including phenoxy) is 3. The van der Waals surface area contributed by atoms with E-state index in [9.17, 15) is 14.7 Å². The number of rotatable bonds is 14. The van der Waals surface area contributed by atoms with Gasteiger partial charge in [0.2, 0.25) is 0 Å². The van der Waals surface area contributed by atoms with Gasteiger partial charge in [0.1, 0.15) is 42.6 Å². The highest BCUT2D eigenvalue weighted by molar-refractivity contribution is 6.30. The molecule has 9 heteroatoms. The van der Waals surface area contributed by atoms with Crippen molar-refractivity contribution in [3.63, 3.8) is 0 Å². The van der Waals surface area contributed by atoms with Crippen molar-refractivity contribution >= 4 is 23.5 Å². The van der Waals surface area contributed by atoms with E-state index in [-0.39, 0.29) is 43.1 Å². The van der Waals surface area contributed by atoms with Crippen LogP contribution in [0.4, 0.5) is 0 Å². The van der Waals surface area contributed by atoms with Crippen LogP contribution in [0.5, 0.6) is 17.2 Å². The number of carboxylic acid groups (broad SMARTS) is 1. The molecule has 3 aromatic carbocycles. The molecule has 0 heterocycles. The van der Waals surface area contributed by atoms with Gasteiger partial charge < -0.3 is 29.5 Å². The van der Waals surface area contributed by atoms with E-state index in [0.717, 1.165) is 12.1 Å². The van der Waals surface area contributed by atoms with Crippen LogP contribution in [0, 0.1) is 0 Å². The number of halogens is 1. The number of nitrogens with one attached hydrogen (secondary N) is 1. The van der Waals surface area contributed by atoms with Gasteiger partial charge in [-0.25, -0.2) is 4.79 Å². The first kappa shape index (κ1) is 28.8. The molecule has 0 atom stereocenters. The lowest BCUT2D eigenvalue weighted by atomic mass is 10.1. The zero-order valence-corrected chi connectivity index (χ0v) is 22.5. The highest BCUT2D eigenvalue weighted by atomic mass is 35.5.